The predicted molar refractivity (Wildman–Crippen MR) is 75.2 cm³/mol. The minimum absolute atomic E-state index is 0.153. The number of hydrogen-bond acceptors (Lipinski definition) is 3. The molecule has 0 radical (unpaired) electrons. The Morgan fingerprint density at radius 2 is 1.89 bits per heavy atom. The molecule has 0 bridgehead atoms. The first kappa shape index (κ1) is 10.2. The number of H-pyrrole nitrogens is 1. The molecule has 90 valence electrons. The van der Waals surface area contributed by atoms with Crippen LogP contribution in [-0.2, 0) is 0 Å². The Morgan fingerprint density at radius 3 is 2.84 bits per heavy atom. The number of nitrogens with one attached hydrogen (secondary N) is 1. The van der Waals surface area contributed by atoms with E-state index in [1.807, 2.05) is 24.3 Å². The molecule has 0 saturated heterocycles. The number of nitrogens with zero attached hydrogens (tertiary/aromatic N) is 2. The second-order valence-electron chi connectivity index (χ2n) is 4.46. The molecule has 0 saturated carbocycles. The molecule has 4 heteroatoms. The molecule has 0 spiro atoms. The molecule has 4 rings (SSSR count). The highest BCUT2D eigenvalue weighted by Crippen LogP contribution is 2.23. The van der Waals surface area contributed by atoms with Crippen molar-refractivity contribution < 1.29 is 0 Å². The molecule has 3 aromatic heterocycles. The molecule has 0 amide bonds. The maximum atomic E-state index is 11.3. The van der Waals surface area contributed by atoms with Crippen molar-refractivity contribution >= 4 is 32.8 Å². The average Bonchev–Trinajstić information content (AvgIpc) is 2.44. The Labute approximate surface area is 107 Å². The number of rotatable bonds is 0. The van der Waals surface area contributed by atoms with Crippen LogP contribution in [0, 0.1) is 0 Å². The molecule has 1 aromatic carbocycles. The van der Waals surface area contributed by atoms with Crippen LogP contribution in [0.1, 0.15) is 0 Å². The van der Waals surface area contributed by atoms with Gasteiger partial charge in [0.1, 0.15) is 5.65 Å². The maximum absolute atomic E-state index is 11.3. The van der Waals surface area contributed by atoms with Crippen LogP contribution in [0.5, 0.6) is 0 Å². The van der Waals surface area contributed by atoms with E-state index in [2.05, 4.69) is 21.0 Å². The minimum atomic E-state index is -0.153. The normalized spacial score (nSPS) is 11.4. The Bertz CT molecular complexity index is 989. The molecule has 0 atom stereocenters. The van der Waals surface area contributed by atoms with Crippen molar-refractivity contribution in [1.82, 2.24) is 15.0 Å². The van der Waals surface area contributed by atoms with Gasteiger partial charge in [-0.1, -0.05) is 18.2 Å². The van der Waals surface area contributed by atoms with E-state index in [1.54, 1.807) is 12.3 Å². The standard InChI is InChI=1S/C15H9N3O/c19-13-6-5-11-14-10(8-16-15(11)18-13)7-9-3-1-2-4-12(9)17-14/h1-8H,(H,16,18,19). The lowest BCUT2D eigenvalue weighted by molar-refractivity contribution is 1.24. The molecular weight excluding hydrogens is 238 g/mol. The third-order valence-electron chi connectivity index (χ3n) is 3.24. The summed E-state index contributed by atoms with van der Waals surface area (Å²) in [7, 11) is 0. The zero-order valence-electron chi connectivity index (χ0n) is 9.92. The van der Waals surface area contributed by atoms with E-state index >= 15 is 0 Å². The van der Waals surface area contributed by atoms with Gasteiger partial charge in [0.05, 0.1) is 11.0 Å². The predicted octanol–water partition coefficient (Wildman–Crippen LogP) is 2.62. The lowest BCUT2D eigenvalue weighted by Gasteiger charge is -2.04. The molecular formula is C15H9N3O. The van der Waals surface area contributed by atoms with Crippen LogP contribution in [0.25, 0.3) is 32.8 Å². The fourth-order valence-electron chi connectivity index (χ4n) is 2.34. The number of pyridine rings is 3. The molecule has 1 N–H and O–H groups in total. The van der Waals surface area contributed by atoms with E-state index in [4.69, 9.17) is 0 Å². The van der Waals surface area contributed by atoms with Crippen LogP contribution in [0.2, 0.25) is 0 Å². The quantitative estimate of drug-likeness (QED) is 0.384. The molecule has 0 aliphatic carbocycles. The molecule has 4 aromatic rings. The van der Waals surface area contributed by atoms with Gasteiger partial charge in [0.25, 0.3) is 0 Å². The molecule has 4 nitrogen and oxygen atoms in total. The van der Waals surface area contributed by atoms with Crippen molar-refractivity contribution in [2.24, 2.45) is 0 Å². The summed E-state index contributed by atoms with van der Waals surface area (Å²) < 4.78 is 0. The Balaban J connectivity index is 2.25. The maximum Gasteiger partial charge on any atom is 0.249 e. The van der Waals surface area contributed by atoms with Gasteiger partial charge >= 0.3 is 0 Å². The van der Waals surface area contributed by atoms with Gasteiger partial charge in [-0.15, -0.1) is 0 Å². The summed E-state index contributed by atoms with van der Waals surface area (Å²) in [5.41, 5.74) is 2.22. The van der Waals surface area contributed by atoms with Crippen molar-refractivity contribution in [3.05, 3.63) is 59.0 Å². The van der Waals surface area contributed by atoms with Gasteiger partial charge in [-0.05, 0) is 18.2 Å². The van der Waals surface area contributed by atoms with Crippen molar-refractivity contribution in [2.45, 2.75) is 0 Å². The first-order valence-corrected chi connectivity index (χ1v) is 5.99. The van der Waals surface area contributed by atoms with Gasteiger partial charge < -0.3 is 4.98 Å². The zero-order valence-corrected chi connectivity index (χ0v) is 9.92. The Kier molecular flexibility index (Phi) is 1.94. The van der Waals surface area contributed by atoms with Crippen LogP contribution in [0.15, 0.2) is 53.5 Å². The third-order valence-corrected chi connectivity index (χ3v) is 3.24. The number of para-hydroxylation sites is 1. The van der Waals surface area contributed by atoms with Crippen LogP contribution in [0.4, 0.5) is 0 Å². The highest BCUT2D eigenvalue weighted by atomic mass is 16.1. The van der Waals surface area contributed by atoms with Crippen LogP contribution < -0.4 is 5.56 Å². The zero-order chi connectivity index (χ0) is 12.8. The van der Waals surface area contributed by atoms with E-state index in [9.17, 15) is 4.79 Å². The van der Waals surface area contributed by atoms with Crippen LogP contribution >= 0.6 is 0 Å². The Morgan fingerprint density at radius 1 is 1.00 bits per heavy atom. The summed E-state index contributed by atoms with van der Waals surface area (Å²) in [6, 6.07) is 13.3. The van der Waals surface area contributed by atoms with E-state index < -0.39 is 0 Å². The number of benzene rings is 1. The summed E-state index contributed by atoms with van der Waals surface area (Å²) in [5, 5.41) is 2.92. The summed E-state index contributed by atoms with van der Waals surface area (Å²) in [6.07, 6.45) is 1.74. The molecule has 0 aliphatic heterocycles. The summed E-state index contributed by atoms with van der Waals surface area (Å²) in [4.78, 5) is 23.0. The van der Waals surface area contributed by atoms with Gasteiger partial charge in [-0.25, -0.2) is 9.97 Å². The van der Waals surface area contributed by atoms with E-state index in [0.717, 1.165) is 27.2 Å². The van der Waals surface area contributed by atoms with Crippen molar-refractivity contribution in [3.63, 3.8) is 0 Å². The van der Waals surface area contributed by atoms with Crippen molar-refractivity contribution in [2.75, 3.05) is 0 Å². The van der Waals surface area contributed by atoms with Crippen LogP contribution in [-0.4, -0.2) is 15.0 Å². The largest absolute Gasteiger partial charge is 0.307 e. The van der Waals surface area contributed by atoms with E-state index in [1.165, 1.54) is 6.07 Å². The van der Waals surface area contributed by atoms with Gasteiger partial charge in [0.15, 0.2) is 0 Å². The van der Waals surface area contributed by atoms with Crippen molar-refractivity contribution in [3.8, 4) is 0 Å². The molecule has 0 fully saturated rings. The number of hydrogen-bond donors (Lipinski definition) is 1. The minimum Gasteiger partial charge on any atom is -0.307 e. The topological polar surface area (TPSA) is 58.6 Å². The smallest absolute Gasteiger partial charge is 0.249 e. The second kappa shape index (κ2) is 3.62. The number of aromatic amines is 1. The van der Waals surface area contributed by atoms with Gasteiger partial charge in [-0.2, -0.15) is 0 Å². The van der Waals surface area contributed by atoms with Crippen molar-refractivity contribution in [1.29, 1.82) is 0 Å². The van der Waals surface area contributed by atoms with Gasteiger partial charge in [-0.3, -0.25) is 4.79 Å². The summed E-state index contributed by atoms with van der Waals surface area (Å²) >= 11 is 0. The lowest BCUT2D eigenvalue weighted by Crippen LogP contribution is -2.03. The van der Waals surface area contributed by atoms with Gasteiger partial charge in [0, 0.05) is 28.4 Å². The molecule has 3 heterocycles. The van der Waals surface area contributed by atoms with Gasteiger partial charge in [0.2, 0.25) is 5.56 Å². The molecule has 19 heavy (non-hydrogen) atoms. The molecule has 0 aliphatic rings. The lowest BCUT2D eigenvalue weighted by atomic mass is 10.1. The van der Waals surface area contributed by atoms with E-state index in [0.29, 0.717) is 5.65 Å². The SMILES string of the molecule is O=c1ccc2c(ncc3cc4ccccc4nc32)[nH]1. The monoisotopic (exact) mass is 247 g/mol. The summed E-state index contributed by atoms with van der Waals surface area (Å²) in [6.45, 7) is 0. The van der Waals surface area contributed by atoms with E-state index in [-0.39, 0.29) is 5.56 Å². The number of aromatic nitrogens is 3. The third kappa shape index (κ3) is 1.50. The second-order valence-corrected chi connectivity index (χ2v) is 4.46. The fraction of sp³-hybridized carbons (Fsp3) is 0. The highest BCUT2D eigenvalue weighted by molar-refractivity contribution is 6.05. The molecule has 0 unspecified atom stereocenters. The Hall–Kier alpha value is -2.75. The fourth-order valence-corrected chi connectivity index (χ4v) is 2.34. The average molecular weight is 247 g/mol. The first-order valence-electron chi connectivity index (χ1n) is 5.99. The number of fused-ring (bicyclic) bond motifs is 4. The van der Waals surface area contributed by atoms with Crippen LogP contribution in [0.3, 0.4) is 0 Å². The first-order chi connectivity index (χ1) is 9.31. The summed E-state index contributed by atoms with van der Waals surface area (Å²) in [5.74, 6) is 0. The highest BCUT2D eigenvalue weighted by Gasteiger charge is 2.05.